The number of hydrogen-bond donors (Lipinski definition) is 1. The molecule has 2 unspecified atom stereocenters. The third kappa shape index (κ3) is 5.38. The fourth-order valence-corrected chi connectivity index (χ4v) is 3.04. The lowest BCUT2D eigenvalue weighted by Crippen LogP contribution is -2.43. The number of methoxy groups -OCH3 is 1. The first-order valence-corrected chi connectivity index (χ1v) is 8.53. The molecule has 0 spiro atoms. The molecule has 0 fully saturated rings. The van der Waals surface area contributed by atoms with E-state index in [0.717, 1.165) is 25.8 Å². The standard InChI is InChI=1S/C19H33NO2/c1-6-8-17-10-11-18(15(3)12-17)13-20(14-21)19(9-7-2)16(4)22-5/h10-12,16,19,21H,6-9,13-14H2,1-5H3. The second-order valence-electron chi connectivity index (χ2n) is 6.20. The van der Waals surface area contributed by atoms with Gasteiger partial charge >= 0.3 is 0 Å². The van der Waals surface area contributed by atoms with Gasteiger partial charge in [-0.05, 0) is 43.4 Å². The highest BCUT2D eigenvalue weighted by Gasteiger charge is 2.23. The van der Waals surface area contributed by atoms with Gasteiger partial charge in [0.25, 0.3) is 0 Å². The van der Waals surface area contributed by atoms with E-state index >= 15 is 0 Å². The molecule has 126 valence electrons. The normalized spacial score (nSPS) is 14.3. The van der Waals surface area contributed by atoms with E-state index in [1.165, 1.54) is 23.1 Å². The van der Waals surface area contributed by atoms with Gasteiger partial charge in [-0.15, -0.1) is 0 Å². The van der Waals surface area contributed by atoms with Crippen LogP contribution in [0.4, 0.5) is 0 Å². The minimum Gasteiger partial charge on any atom is -0.381 e. The largest absolute Gasteiger partial charge is 0.381 e. The molecule has 1 N–H and O–H groups in total. The monoisotopic (exact) mass is 307 g/mol. The van der Waals surface area contributed by atoms with Crippen molar-refractivity contribution in [1.29, 1.82) is 0 Å². The zero-order chi connectivity index (χ0) is 16.5. The molecule has 3 heteroatoms. The molecule has 0 saturated heterocycles. The summed E-state index contributed by atoms with van der Waals surface area (Å²) in [6, 6.07) is 6.96. The smallest absolute Gasteiger partial charge is 0.0962 e. The first kappa shape index (κ1) is 19.1. The molecule has 3 nitrogen and oxygen atoms in total. The number of hydrogen-bond acceptors (Lipinski definition) is 3. The predicted molar refractivity (Wildman–Crippen MR) is 93.0 cm³/mol. The van der Waals surface area contributed by atoms with E-state index in [1.807, 2.05) is 0 Å². The van der Waals surface area contributed by atoms with Crippen LogP contribution in [0.1, 0.15) is 56.7 Å². The first-order chi connectivity index (χ1) is 10.6. The van der Waals surface area contributed by atoms with Crippen molar-refractivity contribution in [3.05, 3.63) is 34.9 Å². The Morgan fingerprint density at radius 3 is 2.45 bits per heavy atom. The second-order valence-corrected chi connectivity index (χ2v) is 6.20. The number of aryl methyl sites for hydroxylation is 2. The van der Waals surface area contributed by atoms with Gasteiger partial charge in [-0.2, -0.15) is 0 Å². The Kier molecular flexibility index (Phi) is 8.69. The van der Waals surface area contributed by atoms with Crippen LogP contribution in [-0.4, -0.2) is 36.0 Å². The van der Waals surface area contributed by atoms with E-state index in [0.29, 0.717) is 0 Å². The van der Waals surface area contributed by atoms with Gasteiger partial charge in [0.15, 0.2) is 0 Å². The molecule has 0 aliphatic rings. The van der Waals surface area contributed by atoms with E-state index in [-0.39, 0.29) is 18.9 Å². The van der Waals surface area contributed by atoms with Gasteiger partial charge < -0.3 is 9.84 Å². The summed E-state index contributed by atoms with van der Waals surface area (Å²) < 4.78 is 5.51. The van der Waals surface area contributed by atoms with Crippen molar-refractivity contribution in [2.45, 2.75) is 72.1 Å². The Morgan fingerprint density at radius 1 is 1.23 bits per heavy atom. The molecule has 1 rings (SSSR count). The molecule has 1 aromatic rings. The summed E-state index contributed by atoms with van der Waals surface area (Å²) >= 11 is 0. The Morgan fingerprint density at radius 2 is 1.95 bits per heavy atom. The highest BCUT2D eigenvalue weighted by molar-refractivity contribution is 5.31. The number of aliphatic hydroxyl groups is 1. The summed E-state index contributed by atoms with van der Waals surface area (Å²) in [5, 5.41) is 9.83. The zero-order valence-electron chi connectivity index (χ0n) is 14.9. The maximum absolute atomic E-state index is 9.83. The number of ether oxygens (including phenoxy) is 1. The quantitative estimate of drug-likeness (QED) is 0.665. The molecule has 0 aliphatic heterocycles. The van der Waals surface area contributed by atoms with Gasteiger partial charge in [-0.3, -0.25) is 4.90 Å². The third-order valence-electron chi connectivity index (χ3n) is 4.47. The molecule has 22 heavy (non-hydrogen) atoms. The zero-order valence-corrected chi connectivity index (χ0v) is 14.9. The minimum atomic E-state index is 0.0640. The summed E-state index contributed by atoms with van der Waals surface area (Å²) in [7, 11) is 1.74. The summed E-state index contributed by atoms with van der Waals surface area (Å²) in [5.41, 5.74) is 4.00. The molecule has 0 radical (unpaired) electrons. The minimum absolute atomic E-state index is 0.0640. The summed E-state index contributed by atoms with van der Waals surface area (Å²) in [6.07, 6.45) is 4.54. The van der Waals surface area contributed by atoms with Crippen molar-refractivity contribution in [2.75, 3.05) is 13.8 Å². The Bertz CT molecular complexity index is 433. The van der Waals surface area contributed by atoms with Crippen LogP contribution in [0.15, 0.2) is 18.2 Å². The Balaban J connectivity index is 2.87. The van der Waals surface area contributed by atoms with E-state index in [1.54, 1.807) is 7.11 Å². The van der Waals surface area contributed by atoms with Crippen LogP contribution in [0.2, 0.25) is 0 Å². The number of rotatable bonds is 10. The summed E-state index contributed by atoms with van der Waals surface area (Å²) in [4.78, 5) is 2.12. The van der Waals surface area contributed by atoms with Crippen LogP contribution in [0.25, 0.3) is 0 Å². The molecule has 2 atom stereocenters. The maximum Gasteiger partial charge on any atom is 0.0962 e. The average Bonchev–Trinajstić information content (AvgIpc) is 2.52. The van der Waals surface area contributed by atoms with Crippen molar-refractivity contribution in [2.24, 2.45) is 0 Å². The molecular formula is C19H33NO2. The van der Waals surface area contributed by atoms with Gasteiger partial charge in [0.05, 0.1) is 12.8 Å². The van der Waals surface area contributed by atoms with E-state index in [2.05, 4.69) is 50.8 Å². The molecule has 0 aliphatic carbocycles. The van der Waals surface area contributed by atoms with Crippen LogP contribution in [0.3, 0.4) is 0 Å². The predicted octanol–water partition coefficient (Wildman–Crippen LogP) is 3.90. The molecular weight excluding hydrogens is 274 g/mol. The van der Waals surface area contributed by atoms with Crippen LogP contribution >= 0.6 is 0 Å². The number of nitrogens with zero attached hydrogens (tertiary/aromatic N) is 1. The SMILES string of the molecule is CCCc1ccc(CN(CO)C(CCC)C(C)OC)c(C)c1. The van der Waals surface area contributed by atoms with E-state index < -0.39 is 0 Å². The Labute approximate surface area is 136 Å². The van der Waals surface area contributed by atoms with Gasteiger partial charge in [0, 0.05) is 19.7 Å². The first-order valence-electron chi connectivity index (χ1n) is 8.53. The molecule has 0 saturated carbocycles. The fourth-order valence-electron chi connectivity index (χ4n) is 3.04. The molecule has 0 amide bonds. The van der Waals surface area contributed by atoms with Gasteiger partial charge in [-0.25, -0.2) is 0 Å². The molecule has 1 aromatic carbocycles. The summed E-state index contributed by atoms with van der Waals surface area (Å²) in [6.45, 7) is 9.47. The van der Waals surface area contributed by atoms with Crippen molar-refractivity contribution in [1.82, 2.24) is 4.90 Å². The lowest BCUT2D eigenvalue weighted by molar-refractivity contribution is -0.0217. The number of benzene rings is 1. The van der Waals surface area contributed by atoms with Crippen LogP contribution in [0, 0.1) is 6.92 Å². The average molecular weight is 307 g/mol. The highest BCUT2D eigenvalue weighted by Crippen LogP contribution is 2.20. The molecule has 0 aromatic heterocycles. The van der Waals surface area contributed by atoms with Crippen LogP contribution in [0.5, 0.6) is 0 Å². The van der Waals surface area contributed by atoms with E-state index in [9.17, 15) is 5.11 Å². The van der Waals surface area contributed by atoms with Gasteiger partial charge in [0.1, 0.15) is 0 Å². The third-order valence-corrected chi connectivity index (χ3v) is 4.47. The second kappa shape index (κ2) is 9.98. The lowest BCUT2D eigenvalue weighted by Gasteiger charge is -2.34. The topological polar surface area (TPSA) is 32.7 Å². The van der Waals surface area contributed by atoms with Crippen LogP contribution < -0.4 is 0 Å². The molecule has 0 bridgehead atoms. The van der Waals surface area contributed by atoms with Gasteiger partial charge in [-0.1, -0.05) is 44.9 Å². The van der Waals surface area contributed by atoms with E-state index in [4.69, 9.17) is 4.74 Å². The van der Waals surface area contributed by atoms with Crippen molar-refractivity contribution in [3.8, 4) is 0 Å². The van der Waals surface area contributed by atoms with Crippen molar-refractivity contribution >= 4 is 0 Å². The highest BCUT2D eigenvalue weighted by atomic mass is 16.5. The van der Waals surface area contributed by atoms with Crippen LogP contribution in [-0.2, 0) is 17.7 Å². The Hall–Kier alpha value is -0.900. The maximum atomic E-state index is 9.83. The lowest BCUT2D eigenvalue weighted by atomic mass is 10.00. The molecule has 0 heterocycles. The fraction of sp³-hybridized carbons (Fsp3) is 0.684. The van der Waals surface area contributed by atoms with Crippen molar-refractivity contribution in [3.63, 3.8) is 0 Å². The van der Waals surface area contributed by atoms with Crippen molar-refractivity contribution < 1.29 is 9.84 Å². The summed E-state index contributed by atoms with van der Waals surface area (Å²) in [5.74, 6) is 0. The number of aliphatic hydroxyl groups excluding tert-OH is 1. The van der Waals surface area contributed by atoms with Gasteiger partial charge in [0.2, 0.25) is 0 Å².